The number of rotatable bonds is 4. The number of nitrogens with zero attached hydrogens (tertiary/aromatic N) is 2. The number of aromatic nitrogens is 1. The van der Waals surface area contributed by atoms with Crippen LogP contribution in [0.15, 0.2) is 56.8 Å². The molecule has 0 aliphatic rings. The van der Waals surface area contributed by atoms with Crippen molar-refractivity contribution in [3.63, 3.8) is 0 Å². The van der Waals surface area contributed by atoms with E-state index in [2.05, 4.69) is 20.9 Å². The van der Waals surface area contributed by atoms with Crippen LogP contribution in [0.2, 0.25) is 0 Å². The van der Waals surface area contributed by atoms with Gasteiger partial charge in [0.05, 0.1) is 22.2 Å². The Morgan fingerprint density at radius 2 is 1.92 bits per heavy atom. The van der Waals surface area contributed by atoms with Crippen molar-refractivity contribution in [1.29, 1.82) is 0 Å². The summed E-state index contributed by atoms with van der Waals surface area (Å²) in [6.07, 6.45) is 0. The number of aryl methyl sites for hydroxylation is 1. The number of hydrogen-bond acceptors (Lipinski definition) is 5. The van der Waals surface area contributed by atoms with Crippen molar-refractivity contribution in [3.05, 3.63) is 51.7 Å². The Labute approximate surface area is 162 Å². The van der Waals surface area contributed by atoms with Gasteiger partial charge in [-0.15, -0.1) is 0 Å². The Morgan fingerprint density at radius 1 is 1.23 bits per heavy atom. The van der Waals surface area contributed by atoms with Crippen molar-refractivity contribution in [3.8, 4) is 5.75 Å². The Bertz CT molecular complexity index is 1150. The first-order valence-electron chi connectivity index (χ1n) is 7.49. The maximum absolute atomic E-state index is 12.4. The number of ether oxygens (including phenoxy) is 1. The van der Waals surface area contributed by atoms with Gasteiger partial charge in [0.25, 0.3) is 5.91 Å². The minimum Gasteiger partial charge on any atom is -0.497 e. The summed E-state index contributed by atoms with van der Waals surface area (Å²) in [5.41, 5.74) is 0.919. The van der Waals surface area contributed by atoms with Gasteiger partial charge in [0.2, 0.25) is 0 Å². The van der Waals surface area contributed by atoms with Crippen LogP contribution < -0.4 is 9.54 Å². The molecule has 0 spiro atoms. The number of hydrogen-bond donors (Lipinski definition) is 0. The highest BCUT2D eigenvalue weighted by Gasteiger charge is 2.19. The number of carbonyl (C=O) groups is 1. The fourth-order valence-corrected chi connectivity index (χ4v) is 5.08. The third-order valence-corrected chi connectivity index (χ3v) is 6.93. The van der Waals surface area contributed by atoms with Crippen LogP contribution in [-0.4, -0.2) is 31.8 Å². The van der Waals surface area contributed by atoms with Gasteiger partial charge >= 0.3 is 0 Å². The molecule has 0 unspecified atom stereocenters. The first-order chi connectivity index (χ1) is 12.3. The molecule has 1 heterocycles. The molecule has 1 amide bonds. The first kappa shape index (κ1) is 18.8. The molecule has 0 radical (unpaired) electrons. The molecule has 2 aromatic carbocycles. The number of benzene rings is 2. The van der Waals surface area contributed by atoms with Crippen LogP contribution in [0.3, 0.4) is 0 Å². The van der Waals surface area contributed by atoms with Gasteiger partial charge in [-0.25, -0.2) is 8.42 Å². The summed E-state index contributed by atoms with van der Waals surface area (Å²) in [5, 5.41) is 0. The number of thiazole rings is 1. The second-order valence-electron chi connectivity index (χ2n) is 5.50. The van der Waals surface area contributed by atoms with Crippen molar-refractivity contribution < 1.29 is 17.9 Å². The minimum absolute atomic E-state index is 0.0616. The molecule has 136 valence electrons. The summed E-state index contributed by atoms with van der Waals surface area (Å²) in [6.45, 7) is 0. The number of carbonyl (C=O) groups excluding carboxylic acids is 1. The summed E-state index contributed by atoms with van der Waals surface area (Å²) >= 11 is 4.73. The van der Waals surface area contributed by atoms with E-state index < -0.39 is 21.5 Å². The Kier molecular flexibility index (Phi) is 5.31. The van der Waals surface area contributed by atoms with Gasteiger partial charge in [0, 0.05) is 11.5 Å². The monoisotopic (exact) mass is 454 g/mol. The molecule has 0 aliphatic heterocycles. The summed E-state index contributed by atoms with van der Waals surface area (Å²) in [4.78, 5) is 16.7. The largest absolute Gasteiger partial charge is 0.497 e. The van der Waals surface area contributed by atoms with Crippen LogP contribution in [-0.2, 0) is 21.7 Å². The lowest BCUT2D eigenvalue weighted by molar-refractivity contribution is -0.115. The smallest absolute Gasteiger partial charge is 0.263 e. The van der Waals surface area contributed by atoms with Gasteiger partial charge in [-0.3, -0.25) is 4.79 Å². The summed E-state index contributed by atoms with van der Waals surface area (Å²) < 4.78 is 33.5. The first-order valence-corrected chi connectivity index (χ1v) is 10.8. The molecule has 0 atom stereocenters. The molecule has 9 heteroatoms. The molecule has 0 N–H and O–H groups in total. The van der Waals surface area contributed by atoms with E-state index in [9.17, 15) is 13.2 Å². The molecular formula is C17H15BrN2O4S2. The fraction of sp³-hybridized carbons (Fsp3) is 0.176. The second kappa shape index (κ2) is 7.34. The van der Waals surface area contributed by atoms with Crippen molar-refractivity contribution in [2.45, 2.75) is 4.90 Å². The van der Waals surface area contributed by atoms with E-state index in [1.807, 2.05) is 18.2 Å². The lowest BCUT2D eigenvalue weighted by Gasteiger charge is -2.03. The standard InChI is InChI=1S/C17H15BrN2O4S2/c1-20-14-8-3-11(18)9-15(14)25-17(20)19-16(21)10-26(22,23)13-6-4-12(24-2)5-7-13/h3-9H,10H2,1-2H3. The maximum Gasteiger partial charge on any atom is 0.263 e. The quantitative estimate of drug-likeness (QED) is 0.606. The van der Waals surface area contributed by atoms with E-state index in [-0.39, 0.29) is 4.90 Å². The zero-order valence-electron chi connectivity index (χ0n) is 14.0. The van der Waals surface area contributed by atoms with Gasteiger partial charge in [-0.2, -0.15) is 4.99 Å². The van der Waals surface area contributed by atoms with Crippen LogP contribution >= 0.6 is 27.3 Å². The summed E-state index contributed by atoms with van der Waals surface area (Å²) in [7, 11) is -0.481. The summed E-state index contributed by atoms with van der Waals surface area (Å²) in [5.74, 6) is -0.845. The Balaban J connectivity index is 1.90. The molecule has 0 aliphatic carbocycles. The van der Waals surface area contributed by atoms with E-state index in [0.29, 0.717) is 10.6 Å². The molecule has 0 saturated heterocycles. The molecule has 1 aromatic heterocycles. The molecule has 0 saturated carbocycles. The predicted molar refractivity (Wildman–Crippen MR) is 104 cm³/mol. The van der Waals surface area contributed by atoms with E-state index in [0.717, 1.165) is 14.7 Å². The molecule has 3 rings (SSSR count). The normalized spacial score (nSPS) is 12.5. The van der Waals surface area contributed by atoms with Crippen molar-refractivity contribution in [2.75, 3.05) is 12.9 Å². The number of methoxy groups -OCH3 is 1. The van der Waals surface area contributed by atoms with E-state index >= 15 is 0 Å². The van der Waals surface area contributed by atoms with Crippen LogP contribution in [0.25, 0.3) is 10.2 Å². The lowest BCUT2D eigenvalue weighted by atomic mass is 10.3. The topological polar surface area (TPSA) is 77.7 Å². The highest BCUT2D eigenvalue weighted by Crippen LogP contribution is 2.21. The highest BCUT2D eigenvalue weighted by atomic mass is 79.9. The van der Waals surface area contributed by atoms with E-state index in [4.69, 9.17) is 4.74 Å². The van der Waals surface area contributed by atoms with Crippen LogP contribution in [0.5, 0.6) is 5.75 Å². The molecule has 0 fully saturated rings. The Morgan fingerprint density at radius 3 is 2.58 bits per heavy atom. The number of sulfone groups is 1. The highest BCUT2D eigenvalue weighted by molar-refractivity contribution is 9.10. The average Bonchev–Trinajstić information content (AvgIpc) is 2.89. The predicted octanol–water partition coefficient (Wildman–Crippen LogP) is 2.91. The third-order valence-electron chi connectivity index (χ3n) is 3.72. The zero-order valence-corrected chi connectivity index (χ0v) is 17.2. The number of halogens is 1. The Hall–Kier alpha value is -1.97. The zero-order chi connectivity index (χ0) is 18.9. The number of fused-ring (bicyclic) bond motifs is 1. The molecule has 26 heavy (non-hydrogen) atoms. The van der Waals surface area contributed by atoms with Crippen molar-refractivity contribution >= 4 is 53.2 Å². The van der Waals surface area contributed by atoms with E-state index in [1.54, 1.807) is 23.7 Å². The maximum atomic E-state index is 12.4. The van der Waals surface area contributed by atoms with Gasteiger partial charge in [0.15, 0.2) is 14.6 Å². The minimum atomic E-state index is -3.77. The fourth-order valence-electron chi connectivity index (χ4n) is 2.38. The van der Waals surface area contributed by atoms with Crippen molar-refractivity contribution in [1.82, 2.24) is 4.57 Å². The lowest BCUT2D eigenvalue weighted by Crippen LogP contribution is -2.19. The van der Waals surface area contributed by atoms with Gasteiger partial charge in [0.1, 0.15) is 11.5 Å². The molecule has 3 aromatic rings. The average molecular weight is 455 g/mol. The van der Waals surface area contributed by atoms with E-state index in [1.165, 1.54) is 30.6 Å². The molecule has 0 bridgehead atoms. The van der Waals surface area contributed by atoms with Crippen LogP contribution in [0.1, 0.15) is 0 Å². The van der Waals surface area contributed by atoms with Gasteiger partial charge in [-0.05, 0) is 42.5 Å². The summed E-state index contributed by atoms with van der Waals surface area (Å²) in [6, 6.07) is 11.6. The molecular weight excluding hydrogens is 440 g/mol. The number of amides is 1. The van der Waals surface area contributed by atoms with Crippen LogP contribution in [0, 0.1) is 0 Å². The SMILES string of the molecule is COc1ccc(S(=O)(=O)CC(=O)N=c2sc3cc(Br)ccc3n2C)cc1. The van der Waals surface area contributed by atoms with Crippen molar-refractivity contribution in [2.24, 2.45) is 12.0 Å². The van der Waals surface area contributed by atoms with Gasteiger partial charge < -0.3 is 9.30 Å². The second-order valence-corrected chi connectivity index (χ2v) is 9.41. The third kappa shape index (κ3) is 3.89. The van der Waals surface area contributed by atoms with Gasteiger partial charge in [-0.1, -0.05) is 27.3 Å². The molecule has 6 nitrogen and oxygen atoms in total. The van der Waals surface area contributed by atoms with Crippen LogP contribution in [0.4, 0.5) is 0 Å².